The van der Waals surface area contributed by atoms with Gasteiger partial charge in [-0.05, 0) is 55.4 Å². The molecule has 23 heavy (non-hydrogen) atoms. The Kier molecular flexibility index (Phi) is 8.92. The number of aromatic nitrogens is 1. The van der Waals surface area contributed by atoms with Crippen molar-refractivity contribution in [2.45, 2.75) is 32.4 Å². The SMILES string of the molecule is CCNC(=NCC1CCCN1C)N(C)Cc1cc(Br)cn1C.I. The zero-order valence-electron chi connectivity index (χ0n) is 14.5. The number of likely N-dealkylation sites (tertiary alicyclic amines) is 1. The lowest BCUT2D eigenvalue weighted by atomic mass is 10.2. The molecular formula is C16H29BrIN5. The van der Waals surface area contributed by atoms with Crippen molar-refractivity contribution in [3.8, 4) is 0 Å². The van der Waals surface area contributed by atoms with Gasteiger partial charge in [0.1, 0.15) is 0 Å². The van der Waals surface area contributed by atoms with Crippen molar-refractivity contribution >= 4 is 45.9 Å². The van der Waals surface area contributed by atoms with E-state index < -0.39 is 0 Å². The summed E-state index contributed by atoms with van der Waals surface area (Å²) in [5.74, 6) is 0.986. The van der Waals surface area contributed by atoms with Gasteiger partial charge >= 0.3 is 0 Å². The van der Waals surface area contributed by atoms with E-state index in [1.165, 1.54) is 25.1 Å². The Labute approximate surface area is 165 Å². The van der Waals surface area contributed by atoms with Crippen LogP contribution in [0.4, 0.5) is 0 Å². The van der Waals surface area contributed by atoms with Crippen molar-refractivity contribution in [1.29, 1.82) is 0 Å². The molecule has 0 radical (unpaired) electrons. The third-order valence-electron chi connectivity index (χ3n) is 4.29. The Bertz CT molecular complexity index is 517. The van der Waals surface area contributed by atoms with Crippen LogP contribution < -0.4 is 5.32 Å². The summed E-state index contributed by atoms with van der Waals surface area (Å²) in [6, 6.07) is 2.75. The van der Waals surface area contributed by atoms with Gasteiger partial charge in [-0.15, -0.1) is 24.0 Å². The summed E-state index contributed by atoms with van der Waals surface area (Å²) in [6.45, 7) is 5.92. The zero-order valence-corrected chi connectivity index (χ0v) is 18.5. The molecule has 1 aliphatic rings. The molecule has 1 aromatic heterocycles. The summed E-state index contributed by atoms with van der Waals surface area (Å²) in [5, 5.41) is 3.40. The summed E-state index contributed by atoms with van der Waals surface area (Å²) in [4.78, 5) is 9.46. The van der Waals surface area contributed by atoms with Crippen LogP contribution >= 0.6 is 39.9 Å². The van der Waals surface area contributed by atoms with Crippen LogP contribution in [0.5, 0.6) is 0 Å². The molecule has 2 heterocycles. The number of rotatable bonds is 5. The minimum Gasteiger partial charge on any atom is -0.357 e. The number of nitrogens with zero attached hydrogens (tertiary/aromatic N) is 4. The second-order valence-corrected chi connectivity index (χ2v) is 7.00. The molecule has 1 unspecified atom stereocenters. The van der Waals surface area contributed by atoms with E-state index in [2.05, 4.69) is 75.9 Å². The first-order valence-corrected chi connectivity index (χ1v) is 8.81. The second kappa shape index (κ2) is 9.88. The van der Waals surface area contributed by atoms with Crippen molar-refractivity contribution in [3.05, 3.63) is 22.4 Å². The lowest BCUT2D eigenvalue weighted by Gasteiger charge is -2.24. The number of halogens is 2. The molecule has 1 saturated heterocycles. The van der Waals surface area contributed by atoms with Crippen molar-refractivity contribution in [3.63, 3.8) is 0 Å². The van der Waals surface area contributed by atoms with Crippen molar-refractivity contribution in [2.75, 3.05) is 33.7 Å². The molecule has 7 heteroatoms. The Hall–Kier alpha value is -0.280. The van der Waals surface area contributed by atoms with Gasteiger partial charge in [-0.25, -0.2) is 0 Å². The Morgan fingerprint density at radius 3 is 2.74 bits per heavy atom. The quantitative estimate of drug-likeness (QED) is 0.386. The van der Waals surface area contributed by atoms with Crippen LogP contribution in [0.25, 0.3) is 0 Å². The number of aliphatic imine (C=N–C) groups is 1. The van der Waals surface area contributed by atoms with Crippen LogP contribution in [0.2, 0.25) is 0 Å². The number of likely N-dealkylation sites (N-methyl/N-ethyl adjacent to an activating group) is 1. The van der Waals surface area contributed by atoms with Gasteiger partial charge in [0.2, 0.25) is 0 Å². The second-order valence-electron chi connectivity index (χ2n) is 6.09. The molecular weight excluding hydrogens is 469 g/mol. The minimum absolute atomic E-state index is 0. The highest BCUT2D eigenvalue weighted by Gasteiger charge is 2.20. The lowest BCUT2D eigenvalue weighted by Crippen LogP contribution is -2.40. The van der Waals surface area contributed by atoms with E-state index in [9.17, 15) is 0 Å². The van der Waals surface area contributed by atoms with E-state index >= 15 is 0 Å². The van der Waals surface area contributed by atoms with Gasteiger partial charge in [-0.3, -0.25) is 4.99 Å². The monoisotopic (exact) mass is 497 g/mol. The fourth-order valence-electron chi connectivity index (χ4n) is 2.91. The highest BCUT2D eigenvalue weighted by atomic mass is 127. The largest absolute Gasteiger partial charge is 0.357 e. The smallest absolute Gasteiger partial charge is 0.194 e. The van der Waals surface area contributed by atoms with Crippen LogP contribution in [-0.2, 0) is 13.6 Å². The molecule has 0 amide bonds. The maximum Gasteiger partial charge on any atom is 0.194 e. The molecule has 2 rings (SSSR count). The molecule has 1 atom stereocenters. The summed E-state index contributed by atoms with van der Waals surface area (Å²) in [7, 11) is 6.37. The van der Waals surface area contributed by atoms with E-state index in [0.717, 1.165) is 30.1 Å². The third kappa shape index (κ3) is 5.94. The van der Waals surface area contributed by atoms with Crippen molar-refractivity contribution in [2.24, 2.45) is 12.0 Å². The molecule has 1 aromatic rings. The van der Waals surface area contributed by atoms with Crippen LogP contribution in [0.1, 0.15) is 25.5 Å². The zero-order chi connectivity index (χ0) is 16.1. The highest BCUT2D eigenvalue weighted by Crippen LogP contribution is 2.16. The Morgan fingerprint density at radius 2 is 2.22 bits per heavy atom. The molecule has 0 aromatic carbocycles. The number of aryl methyl sites for hydroxylation is 1. The summed E-state index contributed by atoms with van der Waals surface area (Å²) in [5.41, 5.74) is 1.26. The molecule has 1 aliphatic heterocycles. The van der Waals surface area contributed by atoms with Crippen LogP contribution in [0.15, 0.2) is 21.7 Å². The number of guanidine groups is 1. The number of nitrogens with one attached hydrogen (secondary N) is 1. The first kappa shape index (κ1) is 20.8. The predicted octanol–water partition coefficient (Wildman–Crippen LogP) is 2.90. The van der Waals surface area contributed by atoms with Gasteiger partial charge in [-0.2, -0.15) is 0 Å². The van der Waals surface area contributed by atoms with E-state index in [0.29, 0.717) is 6.04 Å². The average Bonchev–Trinajstić information content (AvgIpc) is 3.00. The van der Waals surface area contributed by atoms with Gasteiger partial charge in [0.15, 0.2) is 5.96 Å². The van der Waals surface area contributed by atoms with Gasteiger partial charge in [-0.1, -0.05) is 0 Å². The maximum atomic E-state index is 4.85. The maximum absolute atomic E-state index is 4.85. The van der Waals surface area contributed by atoms with Gasteiger partial charge in [0, 0.05) is 43.0 Å². The Morgan fingerprint density at radius 1 is 1.48 bits per heavy atom. The number of hydrogen-bond acceptors (Lipinski definition) is 2. The average molecular weight is 498 g/mol. The summed E-state index contributed by atoms with van der Waals surface area (Å²) >= 11 is 3.53. The van der Waals surface area contributed by atoms with Crippen molar-refractivity contribution < 1.29 is 0 Å². The molecule has 0 saturated carbocycles. The number of hydrogen-bond donors (Lipinski definition) is 1. The summed E-state index contributed by atoms with van der Waals surface area (Å²) in [6.07, 6.45) is 4.63. The Balaban J connectivity index is 0.00000264. The minimum atomic E-state index is 0. The summed E-state index contributed by atoms with van der Waals surface area (Å²) < 4.78 is 3.27. The molecule has 132 valence electrons. The fraction of sp³-hybridized carbons (Fsp3) is 0.688. The standard InChI is InChI=1S/C16H28BrN5.HI/c1-5-18-16(19-10-14-7-6-8-20(14)2)22(4)12-15-9-13(17)11-21(15)3;/h9,11,14H,5-8,10,12H2,1-4H3,(H,18,19);1H. The first-order valence-electron chi connectivity index (χ1n) is 8.01. The molecule has 0 bridgehead atoms. The molecule has 5 nitrogen and oxygen atoms in total. The van der Waals surface area contributed by atoms with Crippen molar-refractivity contribution in [1.82, 2.24) is 19.7 Å². The van der Waals surface area contributed by atoms with E-state index in [-0.39, 0.29) is 24.0 Å². The molecule has 0 aliphatic carbocycles. The van der Waals surface area contributed by atoms with E-state index in [1.807, 2.05) is 0 Å². The van der Waals surface area contributed by atoms with Crippen LogP contribution in [0.3, 0.4) is 0 Å². The highest BCUT2D eigenvalue weighted by molar-refractivity contribution is 14.0. The molecule has 1 fully saturated rings. The van der Waals surface area contributed by atoms with Crippen LogP contribution in [0, 0.1) is 0 Å². The van der Waals surface area contributed by atoms with Crippen LogP contribution in [-0.4, -0.2) is 60.1 Å². The van der Waals surface area contributed by atoms with Gasteiger partial charge < -0.3 is 19.7 Å². The topological polar surface area (TPSA) is 35.8 Å². The fourth-order valence-corrected chi connectivity index (χ4v) is 3.48. The van der Waals surface area contributed by atoms with Gasteiger partial charge in [0.05, 0.1) is 13.1 Å². The normalized spacial score (nSPS) is 18.8. The van der Waals surface area contributed by atoms with E-state index in [1.54, 1.807) is 0 Å². The third-order valence-corrected chi connectivity index (χ3v) is 4.73. The predicted molar refractivity (Wildman–Crippen MR) is 112 cm³/mol. The molecule has 1 N–H and O–H groups in total. The van der Waals surface area contributed by atoms with Gasteiger partial charge in [0.25, 0.3) is 0 Å². The molecule has 0 spiro atoms. The lowest BCUT2D eigenvalue weighted by molar-refractivity contribution is 0.316. The first-order chi connectivity index (χ1) is 10.5. The van der Waals surface area contributed by atoms with E-state index in [4.69, 9.17) is 4.99 Å².